The number of carbonyl (C=O) groups excluding carboxylic acids is 1. The maximum Gasteiger partial charge on any atom is 0.415 e. The Morgan fingerprint density at radius 1 is 1.31 bits per heavy atom. The Labute approximate surface area is 209 Å². The molecule has 1 aliphatic carbocycles. The highest BCUT2D eigenvalue weighted by Gasteiger charge is 2.34. The van der Waals surface area contributed by atoms with Crippen LogP contribution in [0.4, 0.5) is 9.18 Å². The third-order valence-corrected chi connectivity index (χ3v) is 8.66. The summed E-state index contributed by atoms with van der Waals surface area (Å²) >= 11 is 0. The Bertz CT molecular complexity index is 907. The molecule has 2 aliphatic heterocycles. The second-order valence-electron chi connectivity index (χ2n) is 11.1. The summed E-state index contributed by atoms with van der Waals surface area (Å²) in [6.45, 7) is 14.0. The van der Waals surface area contributed by atoms with Crippen molar-refractivity contribution in [2.45, 2.75) is 58.0 Å². The van der Waals surface area contributed by atoms with Gasteiger partial charge in [0.25, 0.3) is 0 Å². The van der Waals surface area contributed by atoms with Crippen LogP contribution in [0.5, 0.6) is 0 Å². The predicted octanol–water partition coefficient (Wildman–Crippen LogP) is 3.06. The van der Waals surface area contributed by atoms with E-state index in [4.69, 9.17) is 9.47 Å². The normalized spacial score (nSPS) is 22.2. The van der Waals surface area contributed by atoms with Gasteiger partial charge in [0.05, 0.1) is 12.7 Å². The van der Waals surface area contributed by atoms with Crippen molar-refractivity contribution in [1.29, 1.82) is 0 Å². The van der Waals surface area contributed by atoms with E-state index in [1.165, 1.54) is 6.20 Å². The number of carbonyl (C=O) groups is 1. The Kier molecular flexibility index (Phi) is 8.33. The second kappa shape index (κ2) is 11.3. The zero-order valence-corrected chi connectivity index (χ0v) is 22.5. The molecule has 1 aromatic rings. The summed E-state index contributed by atoms with van der Waals surface area (Å²) < 4.78 is 25.5. The van der Waals surface area contributed by atoms with E-state index in [9.17, 15) is 9.18 Å². The minimum absolute atomic E-state index is 0.147. The van der Waals surface area contributed by atoms with E-state index in [-0.39, 0.29) is 18.0 Å². The summed E-state index contributed by atoms with van der Waals surface area (Å²) in [5.74, 6) is 0.967. The van der Waals surface area contributed by atoms with Gasteiger partial charge in [-0.15, -0.1) is 0 Å². The highest BCUT2D eigenvalue weighted by molar-refractivity contribution is 6.76. The van der Waals surface area contributed by atoms with Gasteiger partial charge in [0.15, 0.2) is 0 Å². The van der Waals surface area contributed by atoms with Crippen molar-refractivity contribution >= 4 is 14.2 Å². The van der Waals surface area contributed by atoms with Gasteiger partial charge in [-0.3, -0.25) is 9.88 Å². The van der Waals surface area contributed by atoms with Gasteiger partial charge >= 0.3 is 6.09 Å². The number of pyridine rings is 1. The van der Waals surface area contributed by atoms with Gasteiger partial charge in [0.1, 0.15) is 24.5 Å². The van der Waals surface area contributed by atoms with Crippen molar-refractivity contribution in [3.05, 3.63) is 40.9 Å². The molecule has 0 bridgehead atoms. The first-order valence-electron chi connectivity index (χ1n) is 12.8. The van der Waals surface area contributed by atoms with Crippen LogP contribution in [0.3, 0.4) is 0 Å². The molecule has 1 amide bonds. The largest absolute Gasteiger partial charge is 0.444 e. The van der Waals surface area contributed by atoms with E-state index in [2.05, 4.69) is 40.2 Å². The van der Waals surface area contributed by atoms with Crippen LogP contribution in [0.2, 0.25) is 25.7 Å². The SMILES string of the molecule is Cc1ncc(F)c2c1C[C@@H](CNCC[C@@H]1CN(C3=CN(COCC[Si](C)(C)C)CCN3)C(=O)O1)C2. The van der Waals surface area contributed by atoms with Gasteiger partial charge in [0, 0.05) is 39.7 Å². The molecular formula is C25H40FN5O3Si. The summed E-state index contributed by atoms with van der Waals surface area (Å²) in [4.78, 5) is 20.5. The molecule has 2 atom stereocenters. The first kappa shape index (κ1) is 25.9. The van der Waals surface area contributed by atoms with Gasteiger partial charge in [-0.1, -0.05) is 19.6 Å². The minimum Gasteiger partial charge on any atom is -0.444 e. The van der Waals surface area contributed by atoms with Crippen LogP contribution in [0.15, 0.2) is 18.2 Å². The summed E-state index contributed by atoms with van der Waals surface area (Å²) in [6.07, 6.45) is 5.21. The van der Waals surface area contributed by atoms with Crippen LogP contribution in [0.1, 0.15) is 23.2 Å². The Hall–Kier alpha value is -2.17. The highest BCUT2D eigenvalue weighted by Crippen LogP contribution is 2.30. The first-order chi connectivity index (χ1) is 16.7. The van der Waals surface area contributed by atoms with Crippen molar-refractivity contribution in [1.82, 2.24) is 25.4 Å². The lowest BCUT2D eigenvalue weighted by atomic mass is 10.1. The Balaban J connectivity index is 1.17. The quantitative estimate of drug-likeness (QED) is 0.354. The van der Waals surface area contributed by atoms with E-state index in [0.717, 1.165) is 80.7 Å². The van der Waals surface area contributed by atoms with Gasteiger partial charge in [0.2, 0.25) is 0 Å². The minimum atomic E-state index is -1.10. The smallest absolute Gasteiger partial charge is 0.415 e. The van der Waals surface area contributed by atoms with Crippen molar-refractivity contribution < 1.29 is 18.7 Å². The molecule has 10 heteroatoms. The fourth-order valence-electron chi connectivity index (χ4n) is 4.83. The number of aryl methyl sites for hydroxylation is 1. The molecule has 0 saturated carbocycles. The molecule has 8 nitrogen and oxygen atoms in total. The standard InChI is InChI=1S/C25H40FN5O3Si/c1-18-21-11-19(12-22(21)23(26)14-29-18)13-27-6-5-20-15-31(25(32)34-20)24-16-30(8-7-28-24)17-33-9-10-35(2,3)4/h14,16,19-20,27-28H,5-13,15,17H2,1-4H3/t19-,20-/m1/s1. The van der Waals surface area contributed by atoms with Crippen LogP contribution in [0.25, 0.3) is 0 Å². The number of nitrogens with one attached hydrogen (secondary N) is 2. The number of rotatable bonds is 11. The van der Waals surface area contributed by atoms with Crippen molar-refractivity contribution in [2.75, 3.05) is 46.1 Å². The summed E-state index contributed by atoms with van der Waals surface area (Å²) in [6, 6.07) is 1.14. The molecule has 0 unspecified atom stereocenters. The molecule has 1 aromatic heterocycles. The number of halogens is 1. The van der Waals surface area contributed by atoms with Crippen molar-refractivity contribution in [3.8, 4) is 0 Å². The molecule has 0 radical (unpaired) electrons. The van der Waals surface area contributed by atoms with Crippen molar-refractivity contribution in [2.24, 2.45) is 5.92 Å². The third-order valence-electron chi connectivity index (χ3n) is 6.95. The molecule has 0 spiro atoms. The maximum absolute atomic E-state index is 14.1. The molecule has 0 aromatic carbocycles. The predicted molar refractivity (Wildman–Crippen MR) is 136 cm³/mol. The average Bonchev–Trinajstić information content (AvgIpc) is 3.41. The fourth-order valence-corrected chi connectivity index (χ4v) is 5.59. The second-order valence-corrected chi connectivity index (χ2v) is 16.8. The number of amides is 1. The zero-order valence-electron chi connectivity index (χ0n) is 21.5. The monoisotopic (exact) mass is 505 g/mol. The molecule has 4 rings (SSSR count). The van der Waals surface area contributed by atoms with Crippen LogP contribution >= 0.6 is 0 Å². The lowest BCUT2D eigenvalue weighted by Gasteiger charge is -2.30. The lowest BCUT2D eigenvalue weighted by Crippen LogP contribution is -2.43. The average molecular weight is 506 g/mol. The highest BCUT2D eigenvalue weighted by atomic mass is 28.3. The van der Waals surface area contributed by atoms with Crippen LogP contribution < -0.4 is 10.6 Å². The number of hydrogen-bond acceptors (Lipinski definition) is 7. The van der Waals surface area contributed by atoms with Crippen LogP contribution in [0, 0.1) is 18.7 Å². The Morgan fingerprint density at radius 3 is 2.89 bits per heavy atom. The summed E-state index contributed by atoms with van der Waals surface area (Å²) in [5, 5.41) is 6.80. The van der Waals surface area contributed by atoms with E-state index in [1.807, 2.05) is 13.1 Å². The number of hydrogen-bond donors (Lipinski definition) is 2. The topological polar surface area (TPSA) is 79.0 Å². The summed E-state index contributed by atoms with van der Waals surface area (Å²) in [5.41, 5.74) is 2.83. The van der Waals surface area contributed by atoms with E-state index >= 15 is 0 Å². The number of ether oxygens (including phenoxy) is 2. The molecule has 1 saturated heterocycles. The molecule has 3 heterocycles. The number of fused-ring (bicyclic) bond motifs is 1. The number of cyclic esters (lactones) is 1. The number of nitrogens with zero attached hydrogens (tertiary/aromatic N) is 3. The van der Waals surface area contributed by atoms with Gasteiger partial charge in [-0.25, -0.2) is 9.18 Å². The fraction of sp³-hybridized carbons (Fsp3) is 0.680. The molecular weight excluding hydrogens is 465 g/mol. The molecule has 194 valence electrons. The summed E-state index contributed by atoms with van der Waals surface area (Å²) in [7, 11) is -1.10. The van der Waals surface area contributed by atoms with Gasteiger partial charge in [-0.2, -0.15) is 0 Å². The third kappa shape index (κ3) is 6.95. The van der Waals surface area contributed by atoms with Gasteiger partial charge < -0.3 is 25.0 Å². The van der Waals surface area contributed by atoms with E-state index in [1.54, 1.807) is 4.90 Å². The molecule has 3 aliphatic rings. The van der Waals surface area contributed by atoms with E-state index < -0.39 is 8.07 Å². The maximum atomic E-state index is 14.1. The molecule has 2 N–H and O–H groups in total. The Morgan fingerprint density at radius 2 is 2.11 bits per heavy atom. The van der Waals surface area contributed by atoms with Crippen molar-refractivity contribution in [3.63, 3.8) is 0 Å². The number of aromatic nitrogens is 1. The lowest BCUT2D eigenvalue weighted by molar-refractivity contribution is 0.0571. The van der Waals surface area contributed by atoms with Crippen LogP contribution in [-0.2, 0) is 22.3 Å². The van der Waals surface area contributed by atoms with Gasteiger partial charge in [-0.05, 0) is 62.4 Å². The van der Waals surface area contributed by atoms with E-state index in [0.29, 0.717) is 19.2 Å². The van der Waals surface area contributed by atoms with Crippen LogP contribution in [-0.4, -0.2) is 81.1 Å². The molecule has 1 fully saturated rings. The zero-order chi connectivity index (χ0) is 25.0. The first-order valence-corrected chi connectivity index (χ1v) is 16.5. The molecule has 35 heavy (non-hydrogen) atoms.